The van der Waals surface area contributed by atoms with Crippen LogP contribution < -0.4 is 0 Å². The molecule has 1 N–H and O–H groups in total. The summed E-state index contributed by atoms with van der Waals surface area (Å²) in [6.07, 6.45) is 35.2. The Labute approximate surface area is 197 Å². The standard InChI is InChI=1S/C29H59NO/c1-3-5-7-9-11-13-15-16-17-18-20-22-24-26-28-29(30-31)27-25-23-21-19-14-12-10-8-6-4-2/h31H,3-28H2,1-2H3. The lowest BCUT2D eigenvalue weighted by Crippen LogP contribution is -1.99. The van der Waals surface area contributed by atoms with Gasteiger partial charge in [0.1, 0.15) is 0 Å². The zero-order valence-corrected chi connectivity index (χ0v) is 21.8. The second-order valence-electron chi connectivity index (χ2n) is 9.94. The first-order valence-electron chi connectivity index (χ1n) is 14.5. The molecule has 0 aliphatic carbocycles. The van der Waals surface area contributed by atoms with Gasteiger partial charge in [-0.15, -0.1) is 0 Å². The summed E-state index contributed by atoms with van der Waals surface area (Å²) in [7, 11) is 0. The molecule has 0 bridgehead atoms. The topological polar surface area (TPSA) is 32.6 Å². The van der Waals surface area contributed by atoms with Gasteiger partial charge in [0.2, 0.25) is 0 Å². The first-order valence-corrected chi connectivity index (χ1v) is 14.5. The van der Waals surface area contributed by atoms with Crippen LogP contribution >= 0.6 is 0 Å². The molecule has 0 radical (unpaired) electrons. The average molecular weight is 438 g/mol. The van der Waals surface area contributed by atoms with E-state index in [-0.39, 0.29) is 0 Å². The van der Waals surface area contributed by atoms with E-state index in [9.17, 15) is 5.21 Å². The molecule has 0 aromatic carbocycles. The van der Waals surface area contributed by atoms with Crippen LogP contribution in [0.2, 0.25) is 0 Å². The van der Waals surface area contributed by atoms with E-state index in [2.05, 4.69) is 19.0 Å². The molecule has 0 heterocycles. The van der Waals surface area contributed by atoms with E-state index in [1.54, 1.807) is 0 Å². The maximum absolute atomic E-state index is 9.26. The lowest BCUT2D eigenvalue weighted by atomic mass is 10.0. The molecular weight excluding hydrogens is 378 g/mol. The molecule has 186 valence electrons. The molecule has 0 aromatic rings. The fourth-order valence-corrected chi connectivity index (χ4v) is 4.57. The van der Waals surface area contributed by atoms with Crippen LogP contribution in [-0.4, -0.2) is 10.9 Å². The molecule has 0 spiro atoms. The highest BCUT2D eigenvalue weighted by molar-refractivity contribution is 5.83. The number of nitrogens with zero attached hydrogens (tertiary/aromatic N) is 1. The van der Waals surface area contributed by atoms with E-state index in [0.717, 1.165) is 18.6 Å². The quantitative estimate of drug-likeness (QED) is 0.0620. The van der Waals surface area contributed by atoms with Gasteiger partial charge in [-0.1, -0.05) is 160 Å². The van der Waals surface area contributed by atoms with Crippen molar-refractivity contribution in [2.24, 2.45) is 5.16 Å². The highest BCUT2D eigenvalue weighted by Gasteiger charge is 2.02. The molecular formula is C29H59NO. The van der Waals surface area contributed by atoms with Crippen molar-refractivity contribution in [2.45, 2.75) is 181 Å². The zero-order chi connectivity index (χ0) is 22.7. The number of oxime groups is 1. The Balaban J connectivity index is 3.28. The minimum absolute atomic E-state index is 1.01. The van der Waals surface area contributed by atoms with E-state index in [1.165, 1.54) is 154 Å². The van der Waals surface area contributed by atoms with Gasteiger partial charge in [0.05, 0.1) is 5.71 Å². The van der Waals surface area contributed by atoms with Crippen molar-refractivity contribution in [1.29, 1.82) is 0 Å². The first-order chi connectivity index (χ1) is 15.3. The van der Waals surface area contributed by atoms with Gasteiger partial charge in [-0.25, -0.2) is 0 Å². The third-order valence-corrected chi connectivity index (χ3v) is 6.78. The molecule has 0 aliphatic rings. The Bertz CT molecular complexity index is 353. The van der Waals surface area contributed by atoms with Crippen LogP contribution in [0, 0.1) is 0 Å². The number of hydrogen-bond donors (Lipinski definition) is 1. The molecule has 0 atom stereocenters. The van der Waals surface area contributed by atoms with E-state index >= 15 is 0 Å². The highest BCUT2D eigenvalue weighted by atomic mass is 16.4. The van der Waals surface area contributed by atoms with E-state index in [0.29, 0.717) is 0 Å². The summed E-state index contributed by atoms with van der Waals surface area (Å²) in [5, 5.41) is 12.8. The largest absolute Gasteiger partial charge is 0.411 e. The summed E-state index contributed by atoms with van der Waals surface area (Å²) >= 11 is 0. The molecule has 0 unspecified atom stereocenters. The predicted molar refractivity (Wildman–Crippen MR) is 141 cm³/mol. The average Bonchev–Trinajstić information content (AvgIpc) is 2.79. The molecule has 2 heteroatoms. The van der Waals surface area contributed by atoms with Crippen LogP contribution in [0.5, 0.6) is 0 Å². The Kier molecular flexibility index (Phi) is 27.0. The molecule has 0 amide bonds. The molecule has 31 heavy (non-hydrogen) atoms. The van der Waals surface area contributed by atoms with Crippen LogP contribution in [0.3, 0.4) is 0 Å². The predicted octanol–water partition coefficient (Wildman–Crippen LogP) is 11.0. The first kappa shape index (κ1) is 30.5. The molecule has 0 saturated carbocycles. The van der Waals surface area contributed by atoms with Gasteiger partial charge in [-0.3, -0.25) is 0 Å². The minimum atomic E-state index is 1.01. The van der Waals surface area contributed by atoms with E-state index in [1.807, 2.05) is 0 Å². The van der Waals surface area contributed by atoms with Crippen LogP contribution in [0.15, 0.2) is 5.16 Å². The van der Waals surface area contributed by atoms with Crippen molar-refractivity contribution in [2.75, 3.05) is 0 Å². The van der Waals surface area contributed by atoms with Crippen LogP contribution in [0.25, 0.3) is 0 Å². The molecule has 0 aromatic heterocycles. The smallest absolute Gasteiger partial charge is 0.0570 e. The minimum Gasteiger partial charge on any atom is -0.411 e. The second-order valence-corrected chi connectivity index (χ2v) is 9.94. The summed E-state index contributed by atoms with van der Waals surface area (Å²) < 4.78 is 0. The van der Waals surface area contributed by atoms with Gasteiger partial charge in [-0.05, 0) is 25.7 Å². The molecule has 0 fully saturated rings. The third-order valence-electron chi connectivity index (χ3n) is 6.78. The van der Waals surface area contributed by atoms with Crippen LogP contribution in [-0.2, 0) is 0 Å². The van der Waals surface area contributed by atoms with Crippen molar-refractivity contribution in [3.05, 3.63) is 0 Å². The SMILES string of the molecule is CCCCCCCCCCCCCCCCC(CCCCCCCCCCCC)=NO. The van der Waals surface area contributed by atoms with E-state index in [4.69, 9.17) is 0 Å². The van der Waals surface area contributed by atoms with Gasteiger partial charge >= 0.3 is 0 Å². The summed E-state index contributed by atoms with van der Waals surface area (Å²) in [5.41, 5.74) is 1.04. The van der Waals surface area contributed by atoms with Crippen molar-refractivity contribution >= 4 is 5.71 Å². The number of rotatable bonds is 26. The molecule has 0 aliphatic heterocycles. The van der Waals surface area contributed by atoms with Crippen molar-refractivity contribution in [3.8, 4) is 0 Å². The fourth-order valence-electron chi connectivity index (χ4n) is 4.57. The lowest BCUT2D eigenvalue weighted by molar-refractivity contribution is 0.315. The van der Waals surface area contributed by atoms with Gasteiger partial charge in [0.15, 0.2) is 0 Å². The molecule has 0 saturated heterocycles. The van der Waals surface area contributed by atoms with Crippen LogP contribution in [0.4, 0.5) is 0 Å². The maximum Gasteiger partial charge on any atom is 0.0570 e. The van der Waals surface area contributed by atoms with Gasteiger partial charge in [0, 0.05) is 0 Å². The zero-order valence-electron chi connectivity index (χ0n) is 21.8. The highest BCUT2D eigenvalue weighted by Crippen LogP contribution is 2.15. The van der Waals surface area contributed by atoms with Gasteiger partial charge in [-0.2, -0.15) is 0 Å². The Morgan fingerprint density at radius 1 is 0.387 bits per heavy atom. The van der Waals surface area contributed by atoms with Crippen LogP contribution in [0.1, 0.15) is 181 Å². The van der Waals surface area contributed by atoms with E-state index < -0.39 is 0 Å². The Morgan fingerprint density at radius 3 is 0.839 bits per heavy atom. The lowest BCUT2D eigenvalue weighted by Gasteiger charge is -2.06. The maximum atomic E-state index is 9.26. The summed E-state index contributed by atoms with van der Waals surface area (Å²) in [6, 6.07) is 0. The monoisotopic (exact) mass is 437 g/mol. The normalized spacial score (nSPS) is 12.0. The molecule has 0 rings (SSSR count). The van der Waals surface area contributed by atoms with Crippen molar-refractivity contribution < 1.29 is 5.21 Å². The third kappa shape index (κ3) is 25.6. The summed E-state index contributed by atoms with van der Waals surface area (Å²) in [5.74, 6) is 0. The number of unbranched alkanes of at least 4 members (excludes halogenated alkanes) is 22. The summed E-state index contributed by atoms with van der Waals surface area (Å²) in [4.78, 5) is 0. The van der Waals surface area contributed by atoms with Crippen molar-refractivity contribution in [1.82, 2.24) is 0 Å². The second kappa shape index (κ2) is 27.5. The Morgan fingerprint density at radius 2 is 0.613 bits per heavy atom. The summed E-state index contributed by atoms with van der Waals surface area (Å²) in [6.45, 7) is 4.57. The van der Waals surface area contributed by atoms with Gasteiger partial charge < -0.3 is 5.21 Å². The van der Waals surface area contributed by atoms with Gasteiger partial charge in [0.25, 0.3) is 0 Å². The number of hydrogen-bond acceptors (Lipinski definition) is 2. The van der Waals surface area contributed by atoms with Crippen molar-refractivity contribution in [3.63, 3.8) is 0 Å². The fraction of sp³-hybridized carbons (Fsp3) is 0.966. The Hall–Kier alpha value is -0.530. The molecule has 2 nitrogen and oxygen atoms in total.